The van der Waals surface area contributed by atoms with Crippen molar-refractivity contribution in [3.05, 3.63) is 40.1 Å². The van der Waals surface area contributed by atoms with E-state index in [4.69, 9.17) is 4.74 Å². The maximum atomic E-state index is 11.3. The Balaban J connectivity index is 2.22. The van der Waals surface area contributed by atoms with Gasteiger partial charge in [0.15, 0.2) is 0 Å². The van der Waals surface area contributed by atoms with Gasteiger partial charge in [0.25, 0.3) is 5.69 Å². The normalized spacial score (nSPS) is 15.9. The van der Waals surface area contributed by atoms with Gasteiger partial charge >= 0.3 is 0 Å². The summed E-state index contributed by atoms with van der Waals surface area (Å²) in [5.74, 6) is 0. The van der Waals surface area contributed by atoms with Gasteiger partial charge in [-0.15, -0.1) is 0 Å². The van der Waals surface area contributed by atoms with Crippen LogP contribution in [0, 0.1) is 10.1 Å². The highest BCUT2D eigenvalue weighted by Gasteiger charge is 2.19. The molecule has 0 amide bonds. The number of hydrogen-bond acceptors (Lipinski definition) is 4. The van der Waals surface area contributed by atoms with Crippen LogP contribution in [-0.4, -0.2) is 27.7 Å². The average Bonchev–Trinajstić information content (AvgIpc) is 2.89. The van der Waals surface area contributed by atoms with Crippen molar-refractivity contribution in [1.29, 1.82) is 0 Å². The van der Waals surface area contributed by atoms with Crippen LogP contribution in [0.25, 0.3) is 16.5 Å². The van der Waals surface area contributed by atoms with Crippen LogP contribution in [0.5, 0.6) is 0 Å². The maximum Gasteiger partial charge on any atom is 0.281 e. The lowest BCUT2D eigenvalue weighted by molar-refractivity contribution is -0.383. The molecule has 2 heterocycles. The third-order valence-electron chi connectivity index (χ3n) is 3.28. The monoisotopic (exact) mass is 403 g/mol. The minimum absolute atomic E-state index is 0.116. The van der Waals surface area contributed by atoms with E-state index in [1.165, 1.54) is 0 Å². The Labute approximate surface area is 129 Å². The number of hydrogen-bond donors (Lipinski definition) is 0. The number of nitrogens with zero attached hydrogens (tertiary/aromatic N) is 3. The molecule has 0 radical (unpaired) electrons. The summed E-state index contributed by atoms with van der Waals surface area (Å²) < 4.78 is 7.09. The number of fused-ring (bicyclic) bond motifs is 1. The number of nitro groups is 1. The van der Waals surface area contributed by atoms with Gasteiger partial charge in [0.2, 0.25) is 0 Å². The molecule has 0 aliphatic carbocycles. The second-order valence-corrected chi connectivity index (χ2v) is 6.42. The van der Waals surface area contributed by atoms with Crippen LogP contribution < -0.4 is 0 Å². The molecule has 0 N–H and O–H groups in total. The fourth-order valence-corrected chi connectivity index (χ4v) is 3.83. The fourth-order valence-electron chi connectivity index (χ4n) is 2.30. The van der Waals surface area contributed by atoms with Gasteiger partial charge in [0.1, 0.15) is 0 Å². The lowest BCUT2D eigenvalue weighted by Crippen LogP contribution is -2.04. The highest BCUT2D eigenvalue weighted by molar-refractivity contribution is 14.2. The van der Waals surface area contributed by atoms with Crippen molar-refractivity contribution < 1.29 is 9.66 Å². The SMILES string of the molecule is O=[N+]([O-])c1cc(C2=CCOCC2)cc2c1cnn2PI. The van der Waals surface area contributed by atoms with Crippen molar-refractivity contribution >= 4 is 50.6 Å². The van der Waals surface area contributed by atoms with Crippen LogP contribution in [0.2, 0.25) is 0 Å². The molecule has 1 unspecified atom stereocenters. The molecule has 0 saturated heterocycles. The van der Waals surface area contributed by atoms with Crippen molar-refractivity contribution in [1.82, 2.24) is 9.55 Å². The number of nitro benzene ring substituents is 1. The molecule has 0 fully saturated rings. The van der Waals surface area contributed by atoms with Crippen molar-refractivity contribution in [2.75, 3.05) is 13.2 Å². The third-order valence-corrected chi connectivity index (χ3v) is 5.17. The summed E-state index contributed by atoms with van der Waals surface area (Å²) in [6, 6.07) is 3.62. The summed E-state index contributed by atoms with van der Waals surface area (Å²) in [7, 11) is 0. The number of ether oxygens (including phenoxy) is 1. The number of halogens is 1. The predicted octanol–water partition coefficient (Wildman–Crippen LogP) is 3.54. The van der Waals surface area contributed by atoms with Gasteiger partial charge in [-0.3, -0.25) is 10.1 Å². The number of non-ortho nitro benzene ring substituents is 1. The van der Waals surface area contributed by atoms with Crippen LogP contribution in [0.1, 0.15) is 12.0 Å². The molecule has 1 aliphatic heterocycles. The summed E-state index contributed by atoms with van der Waals surface area (Å²) in [5.41, 5.74) is 2.93. The Bertz CT molecular complexity index is 713. The van der Waals surface area contributed by atoms with Gasteiger partial charge in [-0.05, 0) is 45.7 Å². The highest BCUT2D eigenvalue weighted by Crippen LogP contribution is 2.36. The second-order valence-electron chi connectivity index (χ2n) is 4.38. The molecule has 8 heteroatoms. The Morgan fingerprint density at radius 3 is 3.00 bits per heavy atom. The molecular formula is C12H11IN3O3P. The van der Waals surface area contributed by atoms with Crippen LogP contribution in [0.15, 0.2) is 24.4 Å². The van der Waals surface area contributed by atoms with E-state index >= 15 is 0 Å². The first-order valence-electron chi connectivity index (χ1n) is 6.00. The molecule has 0 bridgehead atoms. The third kappa shape index (κ3) is 2.45. The molecule has 1 aliphatic rings. The van der Waals surface area contributed by atoms with Crippen LogP contribution in [-0.2, 0) is 4.74 Å². The first-order valence-corrected chi connectivity index (χ1v) is 10.1. The molecule has 1 atom stereocenters. The number of aromatic nitrogens is 2. The Morgan fingerprint density at radius 1 is 1.50 bits per heavy atom. The standard InChI is InChI=1S/C12H11IN3O3P/c13-20-15-11-5-9(8-1-3-19-4-2-8)6-12(16(17)18)10(11)7-14-15/h1,5-7,20H,2-4H2. The van der Waals surface area contributed by atoms with E-state index in [-0.39, 0.29) is 10.6 Å². The van der Waals surface area contributed by atoms with E-state index < -0.39 is 0 Å². The molecule has 20 heavy (non-hydrogen) atoms. The first kappa shape index (κ1) is 13.9. The van der Waals surface area contributed by atoms with Crippen LogP contribution in [0.4, 0.5) is 5.69 Å². The van der Waals surface area contributed by atoms with Gasteiger partial charge in [-0.1, -0.05) is 6.08 Å². The van der Waals surface area contributed by atoms with Crippen LogP contribution in [0.3, 0.4) is 0 Å². The number of benzene rings is 1. The minimum atomic E-state index is -0.339. The van der Waals surface area contributed by atoms with Crippen molar-refractivity contribution in [3.8, 4) is 0 Å². The summed E-state index contributed by atoms with van der Waals surface area (Å²) in [6.07, 6.45) is 4.75. The Kier molecular flexibility index (Phi) is 4.00. The van der Waals surface area contributed by atoms with E-state index in [2.05, 4.69) is 27.1 Å². The molecular weight excluding hydrogens is 392 g/mol. The smallest absolute Gasteiger partial charge is 0.281 e. The predicted molar refractivity (Wildman–Crippen MR) is 87.5 cm³/mol. The van der Waals surface area contributed by atoms with E-state index in [1.54, 1.807) is 16.7 Å². The van der Waals surface area contributed by atoms with Gasteiger partial charge in [-0.25, -0.2) is 4.45 Å². The minimum Gasteiger partial charge on any atom is -0.377 e. The van der Waals surface area contributed by atoms with Crippen molar-refractivity contribution in [2.45, 2.75) is 6.42 Å². The number of rotatable bonds is 3. The molecule has 2 aromatic rings. The van der Waals surface area contributed by atoms with E-state index in [1.807, 2.05) is 12.1 Å². The topological polar surface area (TPSA) is 70.2 Å². The maximum absolute atomic E-state index is 11.3. The zero-order chi connectivity index (χ0) is 14.1. The second kappa shape index (κ2) is 5.75. The Hall–Kier alpha value is -1.05. The van der Waals surface area contributed by atoms with E-state index in [9.17, 15) is 10.1 Å². The highest BCUT2D eigenvalue weighted by atomic mass is 127. The lowest BCUT2D eigenvalue weighted by Gasteiger charge is -2.14. The zero-order valence-electron chi connectivity index (χ0n) is 10.4. The fraction of sp³-hybridized carbons (Fsp3) is 0.250. The molecule has 0 saturated carbocycles. The summed E-state index contributed by atoms with van der Waals surface area (Å²) >= 11 is 2.22. The Morgan fingerprint density at radius 2 is 2.35 bits per heavy atom. The summed E-state index contributed by atoms with van der Waals surface area (Å²) in [6.45, 7) is 1.22. The van der Waals surface area contributed by atoms with Gasteiger partial charge in [0, 0.05) is 6.07 Å². The molecule has 1 aromatic carbocycles. The van der Waals surface area contributed by atoms with Crippen molar-refractivity contribution in [2.24, 2.45) is 0 Å². The molecule has 1 aromatic heterocycles. The largest absolute Gasteiger partial charge is 0.377 e. The van der Waals surface area contributed by atoms with Crippen LogP contribution >= 0.6 is 28.4 Å². The van der Waals surface area contributed by atoms with Gasteiger partial charge in [0.05, 0.1) is 41.6 Å². The molecule has 0 spiro atoms. The average molecular weight is 403 g/mol. The van der Waals surface area contributed by atoms with Crippen molar-refractivity contribution in [3.63, 3.8) is 0 Å². The zero-order valence-corrected chi connectivity index (χ0v) is 13.5. The summed E-state index contributed by atoms with van der Waals surface area (Å²) in [5, 5.41) is 16.1. The quantitative estimate of drug-likeness (QED) is 0.340. The summed E-state index contributed by atoms with van der Waals surface area (Å²) in [4.78, 5) is 10.9. The molecule has 6 nitrogen and oxygen atoms in total. The molecule has 104 valence electrons. The first-order chi connectivity index (χ1) is 9.70. The van der Waals surface area contributed by atoms with E-state index in [0.29, 0.717) is 25.0 Å². The lowest BCUT2D eigenvalue weighted by atomic mass is 9.99. The van der Waals surface area contributed by atoms with E-state index in [0.717, 1.165) is 23.1 Å². The molecule has 3 rings (SSSR count). The van der Waals surface area contributed by atoms with Gasteiger partial charge < -0.3 is 4.74 Å². The van der Waals surface area contributed by atoms with Gasteiger partial charge in [-0.2, -0.15) is 5.10 Å².